The summed E-state index contributed by atoms with van der Waals surface area (Å²) >= 11 is 0. The molecule has 0 amide bonds. The zero-order valence-electron chi connectivity index (χ0n) is 12.7. The highest BCUT2D eigenvalue weighted by atomic mass is 16.3. The molecular weight excluding hydrogens is 256 g/mol. The highest BCUT2D eigenvalue weighted by molar-refractivity contribution is 5.71. The van der Waals surface area contributed by atoms with Crippen LogP contribution in [0.1, 0.15) is 32.3 Å². The van der Waals surface area contributed by atoms with Crippen LogP contribution in [0, 0.1) is 5.41 Å². The van der Waals surface area contributed by atoms with Crippen LogP contribution in [0.15, 0.2) is 60.7 Å². The average Bonchev–Trinajstić information content (AvgIpc) is 2.46. The van der Waals surface area contributed by atoms with Gasteiger partial charge in [-0.15, -0.1) is 0 Å². The quantitative estimate of drug-likeness (QED) is 0.827. The molecule has 0 radical (unpaired) electrons. The molecule has 0 bridgehead atoms. The molecule has 1 nitrogen and oxygen atoms in total. The molecule has 3 rings (SSSR count). The molecule has 1 unspecified atom stereocenters. The van der Waals surface area contributed by atoms with Crippen LogP contribution in [-0.2, 0) is 0 Å². The van der Waals surface area contributed by atoms with Crippen LogP contribution < -0.4 is 0 Å². The molecule has 0 aromatic heterocycles. The van der Waals surface area contributed by atoms with Crippen LogP contribution in [0.3, 0.4) is 0 Å². The van der Waals surface area contributed by atoms with Crippen molar-refractivity contribution >= 4 is 5.57 Å². The third-order valence-corrected chi connectivity index (χ3v) is 4.19. The van der Waals surface area contributed by atoms with Gasteiger partial charge in [-0.05, 0) is 40.5 Å². The van der Waals surface area contributed by atoms with E-state index in [1.165, 1.54) is 22.3 Å². The summed E-state index contributed by atoms with van der Waals surface area (Å²) in [7, 11) is 0. The molecule has 0 saturated heterocycles. The highest BCUT2D eigenvalue weighted by Gasteiger charge is 2.28. The van der Waals surface area contributed by atoms with E-state index in [0.717, 1.165) is 12.8 Å². The predicted molar refractivity (Wildman–Crippen MR) is 88.9 cm³/mol. The Morgan fingerprint density at radius 2 is 1.43 bits per heavy atom. The summed E-state index contributed by atoms with van der Waals surface area (Å²) in [5.74, 6) is 0. The first-order valence-corrected chi connectivity index (χ1v) is 7.58. The number of aliphatic hydroxyl groups excluding tert-OH is 1. The van der Waals surface area contributed by atoms with Gasteiger partial charge in [0.25, 0.3) is 0 Å². The number of aliphatic hydroxyl groups is 1. The van der Waals surface area contributed by atoms with E-state index >= 15 is 0 Å². The largest absolute Gasteiger partial charge is 0.389 e. The zero-order valence-corrected chi connectivity index (χ0v) is 12.7. The maximum atomic E-state index is 10.0. The summed E-state index contributed by atoms with van der Waals surface area (Å²) in [5, 5.41) is 10.0. The van der Waals surface area contributed by atoms with E-state index in [4.69, 9.17) is 0 Å². The van der Waals surface area contributed by atoms with Crippen molar-refractivity contribution in [3.05, 3.63) is 66.2 Å². The van der Waals surface area contributed by atoms with Crippen LogP contribution in [0.2, 0.25) is 0 Å². The Balaban J connectivity index is 1.88. The van der Waals surface area contributed by atoms with E-state index < -0.39 is 0 Å². The Morgan fingerprint density at radius 3 is 2.05 bits per heavy atom. The first-order valence-electron chi connectivity index (χ1n) is 7.58. The van der Waals surface area contributed by atoms with E-state index in [-0.39, 0.29) is 11.5 Å². The standard InChI is InChI=1S/C20H22O/c1-20(2)13-18(12-19(21)14-20)17-10-8-16(9-11-17)15-6-4-3-5-7-15/h3-12,19,21H,13-14H2,1-2H3. The minimum absolute atomic E-state index is 0.168. The van der Waals surface area contributed by atoms with Gasteiger partial charge in [0.2, 0.25) is 0 Å². The second-order valence-corrected chi connectivity index (χ2v) is 6.75. The van der Waals surface area contributed by atoms with Gasteiger partial charge < -0.3 is 5.11 Å². The van der Waals surface area contributed by atoms with Crippen LogP contribution in [0.5, 0.6) is 0 Å². The van der Waals surface area contributed by atoms with Crippen molar-refractivity contribution in [1.29, 1.82) is 0 Å². The molecule has 1 N–H and O–H groups in total. The summed E-state index contributed by atoms with van der Waals surface area (Å²) in [6, 6.07) is 19.1. The fourth-order valence-electron chi connectivity index (χ4n) is 3.21. The van der Waals surface area contributed by atoms with Gasteiger partial charge in [0.15, 0.2) is 0 Å². The van der Waals surface area contributed by atoms with E-state index in [0.29, 0.717) is 0 Å². The van der Waals surface area contributed by atoms with Crippen molar-refractivity contribution in [2.24, 2.45) is 5.41 Å². The average molecular weight is 278 g/mol. The lowest BCUT2D eigenvalue weighted by Crippen LogP contribution is -2.24. The Bertz CT molecular complexity index is 635. The molecule has 0 heterocycles. The monoisotopic (exact) mass is 278 g/mol. The minimum atomic E-state index is -0.322. The maximum absolute atomic E-state index is 10.0. The zero-order chi connectivity index (χ0) is 14.9. The molecule has 0 saturated carbocycles. The summed E-state index contributed by atoms with van der Waals surface area (Å²) in [6.45, 7) is 4.45. The van der Waals surface area contributed by atoms with Gasteiger partial charge in [-0.1, -0.05) is 74.5 Å². The Labute approximate surface area is 127 Å². The number of hydrogen-bond donors (Lipinski definition) is 1. The highest BCUT2D eigenvalue weighted by Crippen LogP contribution is 2.39. The lowest BCUT2D eigenvalue weighted by Gasteiger charge is -2.32. The normalized spacial score (nSPS) is 20.9. The van der Waals surface area contributed by atoms with Gasteiger partial charge in [-0.25, -0.2) is 0 Å². The second kappa shape index (κ2) is 5.50. The molecule has 108 valence electrons. The summed E-state index contributed by atoms with van der Waals surface area (Å²) < 4.78 is 0. The van der Waals surface area contributed by atoms with Crippen LogP contribution in [-0.4, -0.2) is 11.2 Å². The van der Waals surface area contributed by atoms with Gasteiger partial charge in [0.1, 0.15) is 0 Å². The third-order valence-electron chi connectivity index (χ3n) is 4.19. The van der Waals surface area contributed by atoms with E-state index in [2.05, 4.69) is 62.4 Å². The molecule has 1 heteroatoms. The summed E-state index contributed by atoms with van der Waals surface area (Å²) in [4.78, 5) is 0. The van der Waals surface area contributed by atoms with Crippen molar-refractivity contribution in [3.8, 4) is 11.1 Å². The topological polar surface area (TPSA) is 20.2 Å². The number of benzene rings is 2. The Kier molecular flexibility index (Phi) is 3.69. The number of allylic oxidation sites excluding steroid dienone is 1. The molecule has 1 atom stereocenters. The number of rotatable bonds is 2. The minimum Gasteiger partial charge on any atom is -0.389 e. The Morgan fingerprint density at radius 1 is 0.857 bits per heavy atom. The maximum Gasteiger partial charge on any atom is 0.0732 e. The van der Waals surface area contributed by atoms with Crippen LogP contribution in [0.25, 0.3) is 16.7 Å². The van der Waals surface area contributed by atoms with Gasteiger partial charge >= 0.3 is 0 Å². The lowest BCUT2D eigenvalue weighted by atomic mass is 9.74. The van der Waals surface area contributed by atoms with Gasteiger partial charge in [0, 0.05) is 0 Å². The lowest BCUT2D eigenvalue weighted by molar-refractivity contribution is 0.146. The molecule has 1 aliphatic carbocycles. The van der Waals surface area contributed by atoms with E-state index in [9.17, 15) is 5.11 Å². The molecule has 0 aliphatic heterocycles. The van der Waals surface area contributed by atoms with Crippen LogP contribution >= 0.6 is 0 Å². The SMILES string of the molecule is CC1(C)CC(c2ccc(-c3ccccc3)cc2)=CC(O)C1. The molecule has 0 fully saturated rings. The van der Waals surface area contributed by atoms with Crippen molar-refractivity contribution in [3.63, 3.8) is 0 Å². The smallest absolute Gasteiger partial charge is 0.0732 e. The Hall–Kier alpha value is -1.86. The fourth-order valence-corrected chi connectivity index (χ4v) is 3.21. The van der Waals surface area contributed by atoms with Crippen molar-refractivity contribution in [2.45, 2.75) is 32.8 Å². The third kappa shape index (κ3) is 3.25. The van der Waals surface area contributed by atoms with E-state index in [1.807, 2.05) is 12.1 Å². The first-order chi connectivity index (χ1) is 10.0. The van der Waals surface area contributed by atoms with Crippen LogP contribution in [0.4, 0.5) is 0 Å². The summed E-state index contributed by atoms with van der Waals surface area (Å²) in [5.41, 5.74) is 5.12. The molecule has 2 aromatic rings. The van der Waals surface area contributed by atoms with Crippen molar-refractivity contribution in [1.82, 2.24) is 0 Å². The number of hydrogen-bond acceptors (Lipinski definition) is 1. The molecular formula is C20H22O. The van der Waals surface area contributed by atoms with Gasteiger partial charge in [-0.2, -0.15) is 0 Å². The molecule has 2 aromatic carbocycles. The first kappa shape index (κ1) is 14.1. The fraction of sp³-hybridized carbons (Fsp3) is 0.300. The predicted octanol–water partition coefficient (Wildman–Crippen LogP) is 4.92. The summed E-state index contributed by atoms with van der Waals surface area (Å²) in [6.07, 6.45) is 3.56. The molecule has 1 aliphatic rings. The van der Waals surface area contributed by atoms with E-state index in [1.54, 1.807) is 0 Å². The molecule has 21 heavy (non-hydrogen) atoms. The van der Waals surface area contributed by atoms with Crippen molar-refractivity contribution in [2.75, 3.05) is 0 Å². The second-order valence-electron chi connectivity index (χ2n) is 6.75. The molecule has 0 spiro atoms. The van der Waals surface area contributed by atoms with Gasteiger partial charge in [0.05, 0.1) is 6.10 Å². The van der Waals surface area contributed by atoms with Gasteiger partial charge in [-0.3, -0.25) is 0 Å². The van der Waals surface area contributed by atoms with Crippen molar-refractivity contribution < 1.29 is 5.11 Å².